The summed E-state index contributed by atoms with van der Waals surface area (Å²) in [6.45, 7) is 5.64. The van der Waals surface area contributed by atoms with Crippen molar-refractivity contribution in [2.24, 2.45) is 0 Å². The number of benzene rings is 2. The maximum absolute atomic E-state index is 13.2. The summed E-state index contributed by atoms with van der Waals surface area (Å²) in [5, 5.41) is 6.77. The van der Waals surface area contributed by atoms with E-state index in [0.717, 1.165) is 37.4 Å². The Hall–Kier alpha value is -2.51. The summed E-state index contributed by atoms with van der Waals surface area (Å²) in [6.07, 6.45) is 0. The summed E-state index contributed by atoms with van der Waals surface area (Å²) in [6, 6.07) is 14.0. The molecular formula is C20H24FN4OS+. The molecular weight excluding hydrogens is 363 g/mol. The third-order valence-electron chi connectivity index (χ3n) is 4.66. The molecule has 0 aliphatic carbocycles. The SMILES string of the molecule is Cc1ccccc1NC(=S)N1CC[NH+](CC(=O)Nc2cccc(F)c2)CC1. The Morgan fingerprint density at radius 3 is 2.59 bits per heavy atom. The monoisotopic (exact) mass is 387 g/mol. The van der Waals surface area contributed by atoms with E-state index in [1.807, 2.05) is 31.2 Å². The van der Waals surface area contributed by atoms with Gasteiger partial charge in [0.1, 0.15) is 5.82 Å². The van der Waals surface area contributed by atoms with E-state index in [0.29, 0.717) is 17.3 Å². The van der Waals surface area contributed by atoms with Crippen LogP contribution >= 0.6 is 12.2 Å². The minimum Gasteiger partial charge on any atom is -0.338 e. The lowest BCUT2D eigenvalue weighted by Gasteiger charge is -2.33. The summed E-state index contributed by atoms with van der Waals surface area (Å²) in [7, 11) is 0. The van der Waals surface area contributed by atoms with Crippen molar-refractivity contribution in [3.63, 3.8) is 0 Å². The van der Waals surface area contributed by atoms with Gasteiger partial charge < -0.3 is 20.4 Å². The van der Waals surface area contributed by atoms with E-state index in [1.165, 1.54) is 17.0 Å². The maximum Gasteiger partial charge on any atom is 0.279 e. The highest BCUT2D eigenvalue weighted by Crippen LogP contribution is 2.14. The molecule has 2 aromatic carbocycles. The fourth-order valence-electron chi connectivity index (χ4n) is 3.11. The number of halogens is 1. The number of rotatable bonds is 4. The van der Waals surface area contributed by atoms with Crippen LogP contribution in [-0.2, 0) is 4.79 Å². The van der Waals surface area contributed by atoms with E-state index in [-0.39, 0.29) is 11.7 Å². The van der Waals surface area contributed by atoms with Crippen molar-refractivity contribution < 1.29 is 14.1 Å². The average Bonchev–Trinajstić information content (AvgIpc) is 2.64. The standard InChI is InChI=1S/C20H23FN4OS/c1-15-5-2-3-8-18(15)23-20(27)25-11-9-24(10-12-25)14-19(26)22-17-7-4-6-16(21)13-17/h2-8,13H,9-12,14H2,1H3,(H,22,26)(H,23,27)/p+1. The number of carbonyl (C=O) groups is 1. The normalized spacial score (nSPS) is 14.7. The van der Waals surface area contributed by atoms with Crippen molar-refractivity contribution >= 4 is 34.6 Å². The number of nitrogens with zero attached hydrogens (tertiary/aromatic N) is 1. The number of thiocarbonyl (C=S) groups is 1. The molecule has 2 aromatic rings. The van der Waals surface area contributed by atoms with Gasteiger partial charge in [-0.1, -0.05) is 24.3 Å². The zero-order valence-electron chi connectivity index (χ0n) is 15.3. The Balaban J connectivity index is 1.45. The predicted octanol–water partition coefficient (Wildman–Crippen LogP) is 1.67. The van der Waals surface area contributed by atoms with Gasteiger partial charge in [-0.2, -0.15) is 0 Å². The number of piperazine rings is 1. The molecule has 1 amide bonds. The molecule has 1 heterocycles. The summed E-state index contributed by atoms with van der Waals surface area (Å²) < 4.78 is 13.2. The van der Waals surface area contributed by atoms with Crippen molar-refractivity contribution in [3.8, 4) is 0 Å². The first kappa shape index (κ1) is 19.3. The third kappa shape index (κ3) is 5.48. The van der Waals surface area contributed by atoms with Gasteiger partial charge in [-0.15, -0.1) is 0 Å². The Labute approximate surface area is 164 Å². The first-order valence-electron chi connectivity index (χ1n) is 9.02. The Morgan fingerprint density at radius 1 is 1.15 bits per heavy atom. The minimum atomic E-state index is -0.358. The Kier molecular flexibility index (Phi) is 6.36. The molecule has 0 aromatic heterocycles. The minimum absolute atomic E-state index is 0.107. The second-order valence-corrected chi connectivity index (χ2v) is 7.10. The van der Waals surface area contributed by atoms with Crippen LogP contribution in [-0.4, -0.2) is 48.6 Å². The van der Waals surface area contributed by atoms with Crippen molar-refractivity contribution in [1.82, 2.24) is 4.90 Å². The summed E-state index contributed by atoms with van der Waals surface area (Å²) in [4.78, 5) is 15.5. The quantitative estimate of drug-likeness (QED) is 0.699. The molecule has 5 nitrogen and oxygen atoms in total. The van der Waals surface area contributed by atoms with Crippen LogP contribution in [0.2, 0.25) is 0 Å². The Bertz CT molecular complexity index is 821. The number of anilines is 2. The van der Waals surface area contributed by atoms with Crippen LogP contribution in [0.1, 0.15) is 5.56 Å². The molecule has 0 spiro atoms. The molecule has 1 aliphatic rings. The number of nitrogens with one attached hydrogen (secondary N) is 3. The van der Waals surface area contributed by atoms with Gasteiger partial charge in [0, 0.05) is 11.4 Å². The summed E-state index contributed by atoms with van der Waals surface area (Å²) in [5.41, 5.74) is 2.66. The zero-order chi connectivity index (χ0) is 19.2. The van der Waals surface area contributed by atoms with Gasteiger partial charge in [0.15, 0.2) is 11.7 Å². The lowest BCUT2D eigenvalue weighted by atomic mass is 10.2. The first-order valence-corrected chi connectivity index (χ1v) is 9.42. The van der Waals surface area contributed by atoms with Gasteiger partial charge in [-0.3, -0.25) is 4.79 Å². The van der Waals surface area contributed by atoms with E-state index in [4.69, 9.17) is 12.2 Å². The van der Waals surface area contributed by atoms with Crippen LogP contribution < -0.4 is 15.5 Å². The van der Waals surface area contributed by atoms with Crippen molar-refractivity contribution in [2.75, 3.05) is 43.4 Å². The van der Waals surface area contributed by atoms with E-state index >= 15 is 0 Å². The molecule has 0 bridgehead atoms. The van der Waals surface area contributed by atoms with Gasteiger partial charge >= 0.3 is 0 Å². The fourth-order valence-corrected chi connectivity index (χ4v) is 3.40. The van der Waals surface area contributed by atoms with Crippen LogP contribution in [0, 0.1) is 12.7 Å². The van der Waals surface area contributed by atoms with E-state index in [1.54, 1.807) is 12.1 Å². The summed E-state index contributed by atoms with van der Waals surface area (Å²) >= 11 is 5.53. The molecule has 3 rings (SSSR count). The van der Waals surface area contributed by atoms with Gasteiger partial charge in [0.25, 0.3) is 5.91 Å². The zero-order valence-corrected chi connectivity index (χ0v) is 16.1. The smallest absolute Gasteiger partial charge is 0.279 e. The summed E-state index contributed by atoms with van der Waals surface area (Å²) in [5.74, 6) is -0.465. The highest BCUT2D eigenvalue weighted by atomic mass is 32.1. The van der Waals surface area contributed by atoms with Gasteiger partial charge in [-0.05, 0) is 49.0 Å². The molecule has 0 unspecified atom stereocenters. The van der Waals surface area contributed by atoms with Crippen LogP contribution in [0.4, 0.5) is 15.8 Å². The lowest BCUT2D eigenvalue weighted by molar-refractivity contribution is -0.895. The molecule has 0 saturated carbocycles. The lowest BCUT2D eigenvalue weighted by Crippen LogP contribution is -3.15. The number of para-hydroxylation sites is 1. The molecule has 7 heteroatoms. The van der Waals surface area contributed by atoms with Crippen LogP contribution in [0.25, 0.3) is 0 Å². The molecule has 3 N–H and O–H groups in total. The van der Waals surface area contributed by atoms with Gasteiger partial charge in [0.05, 0.1) is 26.2 Å². The topological polar surface area (TPSA) is 48.8 Å². The van der Waals surface area contributed by atoms with Crippen molar-refractivity contribution in [3.05, 3.63) is 59.9 Å². The Morgan fingerprint density at radius 2 is 1.89 bits per heavy atom. The maximum atomic E-state index is 13.2. The van der Waals surface area contributed by atoms with Crippen molar-refractivity contribution in [1.29, 1.82) is 0 Å². The number of aryl methyl sites for hydroxylation is 1. The highest BCUT2D eigenvalue weighted by molar-refractivity contribution is 7.80. The van der Waals surface area contributed by atoms with Gasteiger partial charge in [0.2, 0.25) is 0 Å². The number of carbonyl (C=O) groups excluding carboxylic acids is 1. The average molecular weight is 388 g/mol. The van der Waals surface area contributed by atoms with Crippen LogP contribution in [0.15, 0.2) is 48.5 Å². The first-order chi connectivity index (χ1) is 13.0. The molecule has 0 radical (unpaired) electrons. The second-order valence-electron chi connectivity index (χ2n) is 6.72. The van der Waals surface area contributed by atoms with E-state index in [9.17, 15) is 9.18 Å². The largest absolute Gasteiger partial charge is 0.338 e. The number of quaternary nitrogens is 1. The second kappa shape index (κ2) is 8.92. The van der Waals surface area contributed by atoms with Crippen LogP contribution in [0.3, 0.4) is 0 Å². The number of hydrogen-bond donors (Lipinski definition) is 3. The van der Waals surface area contributed by atoms with Crippen LogP contribution in [0.5, 0.6) is 0 Å². The number of hydrogen-bond acceptors (Lipinski definition) is 2. The fraction of sp³-hybridized carbons (Fsp3) is 0.300. The molecule has 1 saturated heterocycles. The number of amides is 1. The van der Waals surface area contributed by atoms with E-state index in [2.05, 4.69) is 15.5 Å². The molecule has 1 fully saturated rings. The van der Waals surface area contributed by atoms with E-state index < -0.39 is 0 Å². The van der Waals surface area contributed by atoms with Crippen molar-refractivity contribution in [2.45, 2.75) is 6.92 Å². The highest BCUT2D eigenvalue weighted by Gasteiger charge is 2.23. The molecule has 1 aliphatic heterocycles. The molecule has 27 heavy (non-hydrogen) atoms. The van der Waals surface area contributed by atoms with Gasteiger partial charge in [-0.25, -0.2) is 4.39 Å². The predicted molar refractivity (Wildman–Crippen MR) is 110 cm³/mol. The molecule has 142 valence electrons. The third-order valence-corrected chi connectivity index (χ3v) is 5.02. The molecule has 0 atom stereocenters.